The van der Waals surface area contributed by atoms with Crippen molar-refractivity contribution in [2.45, 2.75) is 26.3 Å². The van der Waals surface area contributed by atoms with Gasteiger partial charge >= 0.3 is 0 Å². The van der Waals surface area contributed by atoms with E-state index < -0.39 is 0 Å². The lowest BCUT2D eigenvalue weighted by Crippen LogP contribution is -2.35. The molecule has 1 aromatic carbocycles. The van der Waals surface area contributed by atoms with Crippen LogP contribution in [0.4, 0.5) is 5.69 Å². The summed E-state index contributed by atoms with van der Waals surface area (Å²) in [7, 11) is 1.71. The Morgan fingerprint density at radius 1 is 1.50 bits per heavy atom. The van der Waals surface area contributed by atoms with Crippen LogP contribution in [-0.2, 0) is 4.74 Å². The van der Waals surface area contributed by atoms with Gasteiger partial charge in [-0.2, -0.15) is 0 Å². The molecule has 3 nitrogen and oxygen atoms in total. The number of benzene rings is 1. The summed E-state index contributed by atoms with van der Waals surface area (Å²) >= 11 is 3.43. The number of hydrogen-bond donors (Lipinski definition) is 0. The molecule has 0 aliphatic carbocycles. The van der Waals surface area contributed by atoms with Crippen molar-refractivity contribution in [3.63, 3.8) is 0 Å². The molecule has 0 bridgehead atoms. The summed E-state index contributed by atoms with van der Waals surface area (Å²) in [5.41, 5.74) is 1.79. The number of hydrogen-bond acceptors (Lipinski definition) is 3. The van der Waals surface area contributed by atoms with Gasteiger partial charge in [0.05, 0.1) is 6.61 Å². The summed E-state index contributed by atoms with van der Waals surface area (Å²) in [6, 6.07) is 6.25. The van der Waals surface area contributed by atoms with E-state index in [1.165, 1.54) is 0 Å². The number of methoxy groups -OCH3 is 1. The fourth-order valence-corrected chi connectivity index (χ4v) is 2.26. The van der Waals surface area contributed by atoms with Crippen molar-refractivity contribution in [2.24, 2.45) is 0 Å². The summed E-state index contributed by atoms with van der Waals surface area (Å²) in [6.07, 6.45) is 1.92. The summed E-state index contributed by atoms with van der Waals surface area (Å²) < 4.78 is 5.99. The van der Waals surface area contributed by atoms with E-state index in [1.54, 1.807) is 7.11 Å². The van der Waals surface area contributed by atoms with Crippen LogP contribution in [0.3, 0.4) is 0 Å². The average molecular weight is 314 g/mol. The Morgan fingerprint density at radius 3 is 2.72 bits per heavy atom. The van der Waals surface area contributed by atoms with Crippen LogP contribution >= 0.6 is 15.9 Å². The topological polar surface area (TPSA) is 29.5 Å². The van der Waals surface area contributed by atoms with E-state index in [-0.39, 0.29) is 0 Å². The van der Waals surface area contributed by atoms with Gasteiger partial charge in [0.25, 0.3) is 0 Å². The monoisotopic (exact) mass is 313 g/mol. The second-order valence-electron chi connectivity index (χ2n) is 4.27. The molecule has 1 rings (SSSR count). The zero-order valence-electron chi connectivity index (χ0n) is 11.1. The third kappa shape index (κ3) is 3.82. The Labute approximate surface area is 117 Å². The highest BCUT2D eigenvalue weighted by Gasteiger charge is 2.13. The van der Waals surface area contributed by atoms with Crippen molar-refractivity contribution < 1.29 is 9.53 Å². The molecular formula is C14H20BrNO2. The zero-order valence-corrected chi connectivity index (χ0v) is 12.7. The fourth-order valence-electron chi connectivity index (χ4n) is 1.80. The minimum absolute atomic E-state index is 0.439. The molecule has 0 N–H and O–H groups in total. The fraction of sp³-hybridized carbons (Fsp3) is 0.500. The predicted molar refractivity (Wildman–Crippen MR) is 78.5 cm³/mol. The highest BCUT2D eigenvalue weighted by molar-refractivity contribution is 9.10. The van der Waals surface area contributed by atoms with Crippen LogP contribution in [0.5, 0.6) is 0 Å². The number of anilines is 1. The van der Waals surface area contributed by atoms with E-state index in [1.807, 2.05) is 18.2 Å². The maximum Gasteiger partial charge on any atom is 0.151 e. The first kappa shape index (κ1) is 15.2. The summed E-state index contributed by atoms with van der Waals surface area (Å²) in [4.78, 5) is 13.1. The lowest BCUT2D eigenvalue weighted by Gasteiger charge is -2.31. The molecule has 0 spiro atoms. The maximum absolute atomic E-state index is 10.8. The van der Waals surface area contributed by atoms with E-state index >= 15 is 0 Å². The number of nitrogens with zero attached hydrogens (tertiary/aromatic N) is 1. The number of carbonyl (C=O) groups excluding carboxylic acids is 1. The number of aldehydes is 1. The van der Waals surface area contributed by atoms with Gasteiger partial charge in [0.15, 0.2) is 6.29 Å². The molecular weight excluding hydrogens is 294 g/mol. The smallest absolute Gasteiger partial charge is 0.151 e. The third-order valence-electron chi connectivity index (χ3n) is 3.10. The molecule has 1 unspecified atom stereocenters. The van der Waals surface area contributed by atoms with Gasteiger partial charge in [0.1, 0.15) is 0 Å². The number of carbonyl (C=O) groups is 1. The van der Waals surface area contributed by atoms with E-state index in [4.69, 9.17) is 4.74 Å². The molecule has 0 saturated heterocycles. The first-order valence-electron chi connectivity index (χ1n) is 6.14. The standard InChI is InChI=1S/C14H20BrNO2/c1-4-11(2)16(7-8-18-3)13-6-5-12(10-17)14(15)9-13/h5-6,9-11H,4,7-8H2,1-3H3. The largest absolute Gasteiger partial charge is 0.383 e. The van der Waals surface area contributed by atoms with Gasteiger partial charge in [-0.05, 0) is 47.5 Å². The molecule has 1 atom stereocenters. The molecule has 0 aromatic heterocycles. The lowest BCUT2D eigenvalue weighted by molar-refractivity contribution is 0.112. The molecule has 0 amide bonds. The lowest BCUT2D eigenvalue weighted by atomic mass is 10.1. The minimum Gasteiger partial charge on any atom is -0.383 e. The van der Waals surface area contributed by atoms with Gasteiger partial charge in [-0.15, -0.1) is 0 Å². The SMILES string of the molecule is CCC(C)N(CCOC)c1ccc(C=O)c(Br)c1. The van der Waals surface area contributed by atoms with Gasteiger partial charge in [-0.1, -0.05) is 6.92 Å². The van der Waals surface area contributed by atoms with Crippen molar-refractivity contribution in [3.05, 3.63) is 28.2 Å². The minimum atomic E-state index is 0.439. The van der Waals surface area contributed by atoms with Crippen LogP contribution in [0.1, 0.15) is 30.6 Å². The highest BCUT2D eigenvalue weighted by Crippen LogP contribution is 2.25. The molecule has 0 heterocycles. The molecule has 100 valence electrons. The van der Waals surface area contributed by atoms with E-state index in [9.17, 15) is 4.79 Å². The van der Waals surface area contributed by atoms with Crippen LogP contribution < -0.4 is 4.90 Å². The summed E-state index contributed by atoms with van der Waals surface area (Å²) in [5.74, 6) is 0. The van der Waals surface area contributed by atoms with E-state index in [0.29, 0.717) is 18.2 Å². The van der Waals surface area contributed by atoms with Crippen molar-refractivity contribution in [2.75, 3.05) is 25.2 Å². The first-order valence-corrected chi connectivity index (χ1v) is 6.93. The van der Waals surface area contributed by atoms with Crippen molar-refractivity contribution in [3.8, 4) is 0 Å². The first-order chi connectivity index (χ1) is 8.63. The quantitative estimate of drug-likeness (QED) is 0.721. The predicted octanol–water partition coefficient (Wildman–Crippen LogP) is 3.51. The van der Waals surface area contributed by atoms with Gasteiger partial charge in [0, 0.05) is 35.4 Å². The molecule has 0 aliphatic heterocycles. The molecule has 0 radical (unpaired) electrons. The Hall–Kier alpha value is -0.870. The maximum atomic E-state index is 10.8. The average Bonchev–Trinajstić information content (AvgIpc) is 2.39. The highest BCUT2D eigenvalue weighted by atomic mass is 79.9. The van der Waals surface area contributed by atoms with Crippen LogP contribution in [0, 0.1) is 0 Å². The van der Waals surface area contributed by atoms with Crippen molar-refractivity contribution in [1.82, 2.24) is 0 Å². The third-order valence-corrected chi connectivity index (χ3v) is 3.79. The van der Waals surface area contributed by atoms with Crippen LogP contribution in [0.25, 0.3) is 0 Å². The van der Waals surface area contributed by atoms with Gasteiger partial charge in [0.2, 0.25) is 0 Å². The Balaban J connectivity index is 2.97. The van der Waals surface area contributed by atoms with Crippen LogP contribution in [-0.4, -0.2) is 32.6 Å². The molecule has 4 heteroatoms. The Kier molecular flexibility index (Phi) is 6.36. The van der Waals surface area contributed by atoms with Crippen molar-refractivity contribution >= 4 is 27.9 Å². The number of ether oxygens (including phenoxy) is 1. The second-order valence-corrected chi connectivity index (χ2v) is 5.12. The van der Waals surface area contributed by atoms with E-state index in [0.717, 1.165) is 29.4 Å². The van der Waals surface area contributed by atoms with Crippen molar-refractivity contribution in [1.29, 1.82) is 0 Å². The van der Waals surface area contributed by atoms with Gasteiger partial charge in [-0.25, -0.2) is 0 Å². The number of rotatable bonds is 7. The zero-order chi connectivity index (χ0) is 13.5. The molecule has 1 aromatic rings. The summed E-state index contributed by atoms with van der Waals surface area (Å²) in [6.45, 7) is 5.90. The van der Waals surface area contributed by atoms with Gasteiger partial charge < -0.3 is 9.64 Å². The molecule has 0 fully saturated rings. The normalized spacial score (nSPS) is 12.2. The van der Waals surface area contributed by atoms with Crippen LogP contribution in [0.15, 0.2) is 22.7 Å². The second kappa shape index (κ2) is 7.54. The molecule has 0 saturated carbocycles. The molecule has 0 aliphatic rings. The Morgan fingerprint density at radius 2 is 2.22 bits per heavy atom. The Bertz CT molecular complexity index is 395. The number of halogens is 1. The molecule has 18 heavy (non-hydrogen) atoms. The van der Waals surface area contributed by atoms with E-state index in [2.05, 4.69) is 34.7 Å². The summed E-state index contributed by atoms with van der Waals surface area (Å²) in [5, 5.41) is 0. The van der Waals surface area contributed by atoms with Gasteiger partial charge in [-0.3, -0.25) is 4.79 Å². The van der Waals surface area contributed by atoms with Crippen LogP contribution in [0.2, 0.25) is 0 Å².